The monoisotopic (exact) mass is 284 g/mol. The molecule has 110 valence electrons. The topological polar surface area (TPSA) is 36.3 Å². The second-order valence-corrected chi connectivity index (χ2v) is 10.4. The van der Waals surface area contributed by atoms with Crippen LogP contribution in [0.4, 0.5) is 0 Å². The van der Waals surface area contributed by atoms with Crippen LogP contribution in [0.5, 0.6) is 0 Å². The van der Waals surface area contributed by atoms with Crippen molar-refractivity contribution in [2.75, 3.05) is 13.2 Å². The summed E-state index contributed by atoms with van der Waals surface area (Å²) in [5, 5.41) is 0. The molecule has 1 heterocycles. The first-order valence-corrected chi connectivity index (χ1v) is 10.7. The van der Waals surface area contributed by atoms with Crippen molar-refractivity contribution in [2.45, 2.75) is 59.0 Å². The van der Waals surface area contributed by atoms with Gasteiger partial charge in [0.2, 0.25) is 0 Å². The van der Waals surface area contributed by atoms with Gasteiger partial charge in [0.05, 0.1) is 0 Å². The maximum absolute atomic E-state index is 5.56. The Bertz CT molecular complexity index is 355. The molecular weight excluding hydrogens is 256 g/mol. The molecule has 1 aromatic rings. The fourth-order valence-corrected chi connectivity index (χ4v) is 3.60. The van der Waals surface area contributed by atoms with E-state index in [1.54, 1.807) is 0 Å². The highest BCUT2D eigenvalue weighted by atomic mass is 28.3. The molecule has 0 radical (unpaired) electrons. The van der Waals surface area contributed by atoms with Crippen molar-refractivity contribution in [3.63, 3.8) is 0 Å². The number of imidazole rings is 1. The van der Waals surface area contributed by atoms with Gasteiger partial charge in [-0.25, -0.2) is 4.98 Å². The molecule has 0 N–H and O–H groups in total. The molecule has 0 spiro atoms. The Balaban J connectivity index is 2.46. The van der Waals surface area contributed by atoms with E-state index in [1.807, 2.05) is 20.0 Å². The zero-order valence-corrected chi connectivity index (χ0v) is 14.0. The van der Waals surface area contributed by atoms with Gasteiger partial charge in [0.1, 0.15) is 5.82 Å². The standard InChI is InChI=1S/C14H28N2O2Si/c1-6-17-14(18-7-2)10-8-9-13-15-11-12-16(13)19(3,4)5/h11-12,14H,6-10H2,1-5H3. The fourth-order valence-electron chi connectivity index (χ4n) is 2.14. The minimum atomic E-state index is -1.34. The van der Waals surface area contributed by atoms with Gasteiger partial charge in [-0.05, 0) is 26.7 Å². The van der Waals surface area contributed by atoms with Crippen LogP contribution in [0.2, 0.25) is 19.6 Å². The van der Waals surface area contributed by atoms with E-state index in [1.165, 1.54) is 5.82 Å². The highest BCUT2D eigenvalue weighted by Crippen LogP contribution is 2.13. The molecule has 0 amide bonds. The minimum absolute atomic E-state index is 0.0645. The van der Waals surface area contributed by atoms with E-state index in [0.29, 0.717) is 13.2 Å². The molecule has 0 saturated heterocycles. The van der Waals surface area contributed by atoms with Crippen LogP contribution in [-0.4, -0.2) is 37.0 Å². The zero-order chi connectivity index (χ0) is 14.3. The number of aromatic nitrogens is 2. The van der Waals surface area contributed by atoms with E-state index < -0.39 is 8.24 Å². The molecule has 0 aliphatic heterocycles. The summed E-state index contributed by atoms with van der Waals surface area (Å²) in [6.45, 7) is 12.4. The van der Waals surface area contributed by atoms with Crippen LogP contribution in [0.15, 0.2) is 12.4 Å². The molecular formula is C14H28N2O2Si. The van der Waals surface area contributed by atoms with Crippen LogP contribution < -0.4 is 0 Å². The number of hydrogen-bond donors (Lipinski definition) is 0. The maximum atomic E-state index is 5.56. The summed E-state index contributed by atoms with van der Waals surface area (Å²) in [6, 6.07) is 0. The Morgan fingerprint density at radius 3 is 2.37 bits per heavy atom. The summed E-state index contributed by atoms with van der Waals surface area (Å²) in [6.07, 6.45) is 6.94. The van der Waals surface area contributed by atoms with E-state index in [4.69, 9.17) is 9.47 Å². The molecule has 0 unspecified atom stereocenters. The molecule has 0 aliphatic carbocycles. The van der Waals surface area contributed by atoms with Gasteiger partial charge >= 0.3 is 0 Å². The van der Waals surface area contributed by atoms with E-state index in [0.717, 1.165) is 19.3 Å². The average molecular weight is 284 g/mol. The van der Waals surface area contributed by atoms with Gasteiger partial charge in [-0.1, -0.05) is 19.6 Å². The van der Waals surface area contributed by atoms with Crippen molar-refractivity contribution in [3.05, 3.63) is 18.2 Å². The van der Waals surface area contributed by atoms with Crippen LogP contribution >= 0.6 is 0 Å². The molecule has 0 aliphatic rings. The lowest BCUT2D eigenvalue weighted by Gasteiger charge is -2.21. The first kappa shape index (κ1) is 16.4. The summed E-state index contributed by atoms with van der Waals surface area (Å²) in [5.74, 6) is 1.20. The quantitative estimate of drug-likeness (QED) is 0.516. The van der Waals surface area contributed by atoms with Crippen molar-refractivity contribution < 1.29 is 9.47 Å². The summed E-state index contributed by atoms with van der Waals surface area (Å²) in [5.41, 5.74) is 0. The number of nitrogens with zero attached hydrogens (tertiary/aromatic N) is 2. The van der Waals surface area contributed by atoms with Crippen molar-refractivity contribution in [2.24, 2.45) is 0 Å². The molecule has 5 heteroatoms. The van der Waals surface area contributed by atoms with Gasteiger partial charge in [-0.3, -0.25) is 0 Å². The SMILES string of the molecule is CCOC(CCCc1nccn1[Si](C)(C)C)OCC. The lowest BCUT2D eigenvalue weighted by molar-refractivity contribution is -0.140. The lowest BCUT2D eigenvalue weighted by atomic mass is 10.2. The van der Waals surface area contributed by atoms with Crippen molar-refractivity contribution in [3.8, 4) is 0 Å². The second kappa shape index (κ2) is 7.82. The fraction of sp³-hybridized carbons (Fsp3) is 0.786. The Kier molecular flexibility index (Phi) is 6.75. The van der Waals surface area contributed by atoms with Crippen molar-refractivity contribution in [1.82, 2.24) is 9.22 Å². The molecule has 1 rings (SSSR count). The van der Waals surface area contributed by atoms with E-state index in [9.17, 15) is 0 Å². The summed E-state index contributed by atoms with van der Waals surface area (Å²) in [4.78, 5) is 4.49. The molecule has 1 aromatic heterocycles. The summed E-state index contributed by atoms with van der Waals surface area (Å²) >= 11 is 0. The Labute approximate surface area is 118 Å². The molecule has 0 bridgehead atoms. The molecule has 19 heavy (non-hydrogen) atoms. The Morgan fingerprint density at radius 2 is 1.84 bits per heavy atom. The second-order valence-electron chi connectivity index (χ2n) is 5.62. The predicted molar refractivity (Wildman–Crippen MR) is 80.9 cm³/mol. The van der Waals surface area contributed by atoms with Gasteiger partial charge in [-0.2, -0.15) is 0 Å². The van der Waals surface area contributed by atoms with Crippen LogP contribution in [0.3, 0.4) is 0 Å². The maximum Gasteiger partial charge on any atom is 0.157 e. The molecule has 0 saturated carbocycles. The van der Waals surface area contributed by atoms with E-state index in [2.05, 4.69) is 35.1 Å². The third kappa shape index (κ3) is 5.46. The predicted octanol–water partition coefficient (Wildman–Crippen LogP) is 3.29. The lowest BCUT2D eigenvalue weighted by Crippen LogP contribution is -2.33. The van der Waals surface area contributed by atoms with Crippen LogP contribution in [-0.2, 0) is 15.9 Å². The number of ether oxygens (including phenoxy) is 2. The van der Waals surface area contributed by atoms with E-state index in [-0.39, 0.29) is 6.29 Å². The average Bonchev–Trinajstić information content (AvgIpc) is 2.77. The molecule has 0 atom stereocenters. The molecule has 4 nitrogen and oxygen atoms in total. The highest BCUT2D eigenvalue weighted by Gasteiger charge is 2.19. The molecule has 0 aromatic carbocycles. The highest BCUT2D eigenvalue weighted by molar-refractivity contribution is 6.74. The summed E-state index contributed by atoms with van der Waals surface area (Å²) < 4.78 is 13.5. The first-order valence-electron chi connectivity index (χ1n) is 7.25. The minimum Gasteiger partial charge on any atom is -0.363 e. The van der Waals surface area contributed by atoms with Gasteiger partial charge < -0.3 is 13.7 Å². The number of hydrogen-bond acceptors (Lipinski definition) is 3. The van der Waals surface area contributed by atoms with Gasteiger partial charge in [0.25, 0.3) is 0 Å². The third-order valence-electron chi connectivity index (χ3n) is 2.99. The van der Waals surface area contributed by atoms with Crippen LogP contribution in [0.25, 0.3) is 0 Å². The van der Waals surface area contributed by atoms with Gasteiger partial charge in [0.15, 0.2) is 14.5 Å². The Hall–Kier alpha value is -0.653. The van der Waals surface area contributed by atoms with Crippen molar-refractivity contribution in [1.29, 1.82) is 0 Å². The zero-order valence-electron chi connectivity index (χ0n) is 13.0. The van der Waals surface area contributed by atoms with Crippen LogP contribution in [0.1, 0.15) is 32.5 Å². The summed E-state index contributed by atoms with van der Waals surface area (Å²) in [7, 11) is -1.34. The molecule has 0 fully saturated rings. The Morgan fingerprint density at radius 1 is 1.21 bits per heavy atom. The van der Waals surface area contributed by atoms with Crippen LogP contribution in [0, 0.1) is 0 Å². The number of rotatable bonds is 9. The van der Waals surface area contributed by atoms with E-state index >= 15 is 0 Å². The largest absolute Gasteiger partial charge is 0.363 e. The van der Waals surface area contributed by atoms with Gasteiger partial charge in [-0.15, -0.1) is 0 Å². The van der Waals surface area contributed by atoms with Crippen molar-refractivity contribution >= 4 is 8.24 Å². The smallest absolute Gasteiger partial charge is 0.157 e. The van der Waals surface area contributed by atoms with Gasteiger partial charge in [0, 0.05) is 32.0 Å². The third-order valence-corrected chi connectivity index (χ3v) is 4.84. The normalized spacial score (nSPS) is 12.3. The first-order chi connectivity index (χ1) is 8.99. The number of aryl methyl sites for hydroxylation is 1.